The third-order valence-corrected chi connectivity index (χ3v) is 4.91. The molecule has 1 fully saturated rings. The van der Waals surface area contributed by atoms with Crippen LogP contribution in [-0.2, 0) is 0 Å². The van der Waals surface area contributed by atoms with Gasteiger partial charge >= 0.3 is 0 Å². The summed E-state index contributed by atoms with van der Waals surface area (Å²) >= 11 is 0. The zero-order valence-electron chi connectivity index (χ0n) is 14.7. The molecule has 0 radical (unpaired) electrons. The Morgan fingerprint density at radius 2 is 1.96 bits per heavy atom. The van der Waals surface area contributed by atoms with Gasteiger partial charge in [-0.15, -0.1) is 0 Å². The van der Waals surface area contributed by atoms with Crippen molar-refractivity contribution in [1.29, 1.82) is 0 Å². The predicted molar refractivity (Wildman–Crippen MR) is 99.8 cm³/mol. The Bertz CT molecular complexity index is 814. The Balaban J connectivity index is 1.45. The maximum Gasteiger partial charge on any atom is 0.257 e. The van der Waals surface area contributed by atoms with Crippen molar-refractivity contribution in [2.24, 2.45) is 5.92 Å². The van der Waals surface area contributed by atoms with Gasteiger partial charge in [0.15, 0.2) is 11.5 Å². The number of nitrogen functional groups attached to an aromatic ring is 1. The first-order valence-corrected chi connectivity index (χ1v) is 8.81. The summed E-state index contributed by atoms with van der Waals surface area (Å²) in [6, 6.07) is 7.01. The highest BCUT2D eigenvalue weighted by molar-refractivity contribution is 6.06. The van der Waals surface area contributed by atoms with Crippen LogP contribution in [0.15, 0.2) is 30.5 Å². The number of nitrogens with one attached hydrogen (secondary N) is 1. The Kier molecular flexibility index (Phi) is 4.28. The molecule has 136 valence electrons. The fourth-order valence-corrected chi connectivity index (χ4v) is 3.21. The fourth-order valence-electron chi connectivity index (χ4n) is 3.21. The second kappa shape index (κ2) is 6.74. The zero-order valence-corrected chi connectivity index (χ0v) is 14.7. The molecule has 7 nitrogen and oxygen atoms in total. The molecule has 26 heavy (non-hydrogen) atoms. The third kappa shape index (κ3) is 3.24. The number of rotatable bonds is 3. The molecule has 1 amide bonds. The first-order valence-electron chi connectivity index (χ1n) is 8.81. The van der Waals surface area contributed by atoms with Crippen LogP contribution in [-0.4, -0.2) is 30.8 Å². The normalized spacial score (nSPS) is 16.6. The lowest BCUT2D eigenvalue weighted by atomic mass is 9.99. The number of hydrogen-bond donors (Lipinski definition) is 2. The van der Waals surface area contributed by atoms with Crippen molar-refractivity contribution in [3.05, 3.63) is 36.0 Å². The van der Waals surface area contributed by atoms with Gasteiger partial charge in [0.05, 0.1) is 16.9 Å². The van der Waals surface area contributed by atoms with E-state index in [0.29, 0.717) is 28.4 Å². The minimum Gasteiger partial charge on any atom is -0.454 e. The van der Waals surface area contributed by atoms with Crippen LogP contribution >= 0.6 is 0 Å². The van der Waals surface area contributed by atoms with Crippen LogP contribution in [0, 0.1) is 5.92 Å². The molecule has 3 N–H and O–H groups in total. The molecule has 1 aromatic carbocycles. The first-order chi connectivity index (χ1) is 12.6. The predicted octanol–water partition coefficient (Wildman–Crippen LogP) is 2.88. The average molecular weight is 354 g/mol. The SMILES string of the molecule is CC1CCN(c2ccc(C(=O)Nc3cc4c(cc3N)OCO4)cn2)CC1. The Hall–Kier alpha value is -2.96. The molecule has 0 spiro atoms. The topological polar surface area (TPSA) is 89.7 Å². The molecule has 7 heteroatoms. The lowest BCUT2D eigenvalue weighted by Crippen LogP contribution is -2.33. The van der Waals surface area contributed by atoms with Gasteiger partial charge in [0, 0.05) is 31.4 Å². The molecule has 1 saturated heterocycles. The summed E-state index contributed by atoms with van der Waals surface area (Å²) in [5.74, 6) is 2.58. The van der Waals surface area contributed by atoms with E-state index in [1.54, 1.807) is 24.4 Å². The van der Waals surface area contributed by atoms with Crippen molar-refractivity contribution >= 4 is 23.1 Å². The molecular weight excluding hydrogens is 332 g/mol. The molecule has 0 unspecified atom stereocenters. The fraction of sp³-hybridized carbons (Fsp3) is 0.368. The van der Waals surface area contributed by atoms with Gasteiger partial charge in [-0.05, 0) is 30.9 Å². The quantitative estimate of drug-likeness (QED) is 0.824. The van der Waals surface area contributed by atoms with Gasteiger partial charge in [-0.1, -0.05) is 6.92 Å². The molecule has 2 aromatic rings. The number of anilines is 3. The maximum atomic E-state index is 12.5. The van der Waals surface area contributed by atoms with Gasteiger partial charge in [-0.2, -0.15) is 0 Å². The number of carbonyl (C=O) groups excluding carboxylic acids is 1. The van der Waals surface area contributed by atoms with E-state index in [-0.39, 0.29) is 12.7 Å². The summed E-state index contributed by atoms with van der Waals surface area (Å²) in [4.78, 5) is 19.2. The number of nitrogens with zero attached hydrogens (tertiary/aromatic N) is 2. The summed E-state index contributed by atoms with van der Waals surface area (Å²) in [6.45, 7) is 4.45. The molecule has 0 atom stereocenters. The van der Waals surface area contributed by atoms with E-state index in [9.17, 15) is 4.79 Å². The number of amides is 1. The van der Waals surface area contributed by atoms with Gasteiger partial charge in [-0.25, -0.2) is 4.98 Å². The van der Waals surface area contributed by atoms with E-state index in [2.05, 4.69) is 22.1 Å². The number of fused-ring (bicyclic) bond motifs is 1. The van der Waals surface area contributed by atoms with Gasteiger partial charge in [0.1, 0.15) is 5.82 Å². The lowest BCUT2D eigenvalue weighted by molar-refractivity contribution is 0.102. The highest BCUT2D eigenvalue weighted by Gasteiger charge is 2.19. The van der Waals surface area contributed by atoms with Crippen molar-refractivity contribution in [1.82, 2.24) is 4.98 Å². The van der Waals surface area contributed by atoms with Crippen molar-refractivity contribution in [3.8, 4) is 11.5 Å². The standard InChI is InChI=1S/C19H22N4O3/c1-12-4-6-23(7-5-12)18-3-2-13(10-21-18)19(24)22-15-9-17-16(8-14(15)20)25-11-26-17/h2-3,8-10,12H,4-7,11,20H2,1H3,(H,22,24). The van der Waals surface area contributed by atoms with E-state index in [4.69, 9.17) is 15.2 Å². The molecule has 4 rings (SSSR count). The van der Waals surface area contributed by atoms with Gasteiger partial charge in [-0.3, -0.25) is 4.79 Å². The van der Waals surface area contributed by atoms with Crippen molar-refractivity contribution < 1.29 is 14.3 Å². The average Bonchev–Trinajstić information content (AvgIpc) is 3.10. The zero-order chi connectivity index (χ0) is 18.1. The molecular formula is C19H22N4O3. The summed E-state index contributed by atoms with van der Waals surface area (Å²) in [7, 11) is 0. The van der Waals surface area contributed by atoms with E-state index >= 15 is 0 Å². The number of ether oxygens (including phenoxy) is 2. The van der Waals surface area contributed by atoms with E-state index < -0.39 is 0 Å². The monoisotopic (exact) mass is 354 g/mol. The number of hydrogen-bond acceptors (Lipinski definition) is 6. The third-order valence-electron chi connectivity index (χ3n) is 4.91. The number of benzene rings is 1. The number of carbonyl (C=O) groups is 1. The van der Waals surface area contributed by atoms with Gasteiger partial charge in [0.25, 0.3) is 5.91 Å². The lowest BCUT2D eigenvalue weighted by Gasteiger charge is -2.31. The van der Waals surface area contributed by atoms with Crippen LogP contribution in [0.5, 0.6) is 11.5 Å². The number of aromatic nitrogens is 1. The minimum atomic E-state index is -0.262. The van der Waals surface area contributed by atoms with Crippen LogP contribution in [0.1, 0.15) is 30.1 Å². The summed E-state index contributed by atoms with van der Waals surface area (Å²) < 4.78 is 10.6. The number of nitrogens with two attached hydrogens (primary N) is 1. The summed E-state index contributed by atoms with van der Waals surface area (Å²) in [6.07, 6.45) is 3.95. The van der Waals surface area contributed by atoms with Crippen molar-refractivity contribution in [2.45, 2.75) is 19.8 Å². The second-order valence-electron chi connectivity index (χ2n) is 6.82. The van der Waals surface area contributed by atoms with Crippen molar-refractivity contribution in [3.63, 3.8) is 0 Å². The van der Waals surface area contributed by atoms with E-state index in [0.717, 1.165) is 24.8 Å². The van der Waals surface area contributed by atoms with Gasteiger partial charge < -0.3 is 25.4 Å². The molecule has 0 bridgehead atoms. The molecule has 0 saturated carbocycles. The van der Waals surface area contributed by atoms with E-state index in [1.165, 1.54) is 12.8 Å². The van der Waals surface area contributed by atoms with E-state index in [1.807, 2.05) is 6.07 Å². The van der Waals surface area contributed by atoms with Crippen LogP contribution in [0.25, 0.3) is 0 Å². The molecule has 0 aliphatic carbocycles. The Morgan fingerprint density at radius 3 is 2.65 bits per heavy atom. The molecule has 1 aromatic heterocycles. The molecule has 3 heterocycles. The largest absolute Gasteiger partial charge is 0.454 e. The highest BCUT2D eigenvalue weighted by atomic mass is 16.7. The maximum absolute atomic E-state index is 12.5. The Labute approximate surface area is 152 Å². The van der Waals surface area contributed by atoms with Crippen LogP contribution in [0.3, 0.4) is 0 Å². The Morgan fingerprint density at radius 1 is 1.23 bits per heavy atom. The highest BCUT2D eigenvalue weighted by Crippen LogP contribution is 2.38. The summed E-state index contributed by atoms with van der Waals surface area (Å²) in [5, 5.41) is 2.81. The number of piperidine rings is 1. The van der Waals surface area contributed by atoms with Crippen molar-refractivity contribution in [2.75, 3.05) is 35.8 Å². The second-order valence-corrected chi connectivity index (χ2v) is 6.82. The smallest absolute Gasteiger partial charge is 0.257 e. The molecule has 2 aliphatic rings. The van der Waals surface area contributed by atoms with Gasteiger partial charge in [0.2, 0.25) is 6.79 Å². The van der Waals surface area contributed by atoms with Crippen LogP contribution < -0.4 is 25.4 Å². The first kappa shape index (κ1) is 16.5. The molecule has 2 aliphatic heterocycles. The van der Waals surface area contributed by atoms with Crippen LogP contribution in [0.4, 0.5) is 17.2 Å². The van der Waals surface area contributed by atoms with Crippen LogP contribution in [0.2, 0.25) is 0 Å². The summed E-state index contributed by atoms with van der Waals surface area (Å²) in [5.41, 5.74) is 7.38. The minimum absolute atomic E-state index is 0.160. The number of pyridine rings is 1.